The average Bonchev–Trinajstić information content (AvgIpc) is 2.55. The number of amides is 2. The van der Waals surface area contributed by atoms with Gasteiger partial charge in [-0.2, -0.15) is 0 Å². The van der Waals surface area contributed by atoms with E-state index in [1.54, 1.807) is 48.5 Å². The van der Waals surface area contributed by atoms with E-state index in [0.29, 0.717) is 10.6 Å². The molecule has 2 aromatic carbocycles. The number of rotatable bonds is 4. The van der Waals surface area contributed by atoms with E-state index >= 15 is 0 Å². The smallest absolute Gasteiger partial charge is 0.272 e. The van der Waals surface area contributed by atoms with E-state index in [1.165, 1.54) is 7.11 Å². The van der Waals surface area contributed by atoms with Crippen LogP contribution in [0.25, 0.3) is 0 Å². The zero-order valence-corrected chi connectivity index (χ0v) is 12.6. The van der Waals surface area contributed by atoms with Crippen LogP contribution >= 0.6 is 11.6 Å². The van der Waals surface area contributed by atoms with E-state index in [2.05, 4.69) is 10.9 Å². The van der Waals surface area contributed by atoms with Crippen molar-refractivity contribution in [2.24, 2.45) is 0 Å². The molecule has 0 aliphatic carbocycles. The van der Waals surface area contributed by atoms with Gasteiger partial charge < -0.3 is 4.74 Å². The Morgan fingerprint density at radius 2 is 1.64 bits per heavy atom. The molecule has 22 heavy (non-hydrogen) atoms. The lowest BCUT2D eigenvalue weighted by Crippen LogP contribution is -2.44. The van der Waals surface area contributed by atoms with Crippen molar-refractivity contribution in [3.05, 3.63) is 70.7 Å². The Morgan fingerprint density at radius 3 is 2.27 bits per heavy atom. The van der Waals surface area contributed by atoms with Crippen LogP contribution in [0.5, 0.6) is 0 Å². The van der Waals surface area contributed by atoms with Crippen LogP contribution in [-0.4, -0.2) is 18.9 Å². The number of ether oxygens (including phenoxy) is 1. The molecular weight excluding hydrogens is 304 g/mol. The first-order chi connectivity index (χ1) is 10.6. The molecular formula is C16H15ClN2O3. The van der Waals surface area contributed by atoms with Crippen LogP contribution in [0.4, 0.5) is 0 Å². The molecule has 0 aromatic heterocycles. The summed E-state index contributed by atoms with van der Waals surface area (Å²) in [5.41, 5.74) is 5.62. The Kier molecular flexibility index (Phi) is 5.52. The standard InChI is InChI=1S/C16H15ClN2O3/c1-22-14(11-7-3-2-4-8-11)16(21)19-18-15(20)12-9-5-6-10-13(12)17/h2-10,14H,1H3,(H,18,20)(H,19,21)/t14-/m0/s1. The predicted molar refractivity (Wildman–Crippen MR) is 83.3 cm³/mol. The lowest BCUT2D eigenvalue weighted by molar-refractivity contribution is -0.132. The van der Waals surface area contributed by atoms with Crippen molar-refractivity contribution in [3.63, 3.8) is 0 Å². The molecule has 2 N–H and O–H groups in total. The third-order valence-electron chi connectivity index (χ3n) is 2.99. The Labute approximate surface area is 133 Å². The van der Waals surface area contributed by atoms with Crippen LogP contribution in [0.3, 0.4) is 0 Å². The number of hydrogen-bond donors (Lipinski definition) is 2. The molecule has 0 unspecified atom stereocenters. The Bertz CT molecular complexity index is 661. The van der Waals surface area contributed by atoms with Crippen LogP contribution in [0.1, 0.15) is 22.0 Å². The SMILES string of the molecule is CO[C@H](C(=O)NNC(=O)c1ccccc1Cl)c1ccccc1. The van der Waals surface area contributed by atoms with E-state index in [4.69, 9.17) is 16.3 Å². The van der Waals surface area contributed by atoms with E-state index in [-0.39, 0.29) is 5.56 Å². The van der Waals surface area contributed by atoms with Crippen molar-refractivity contribution in [1.29, 1.82) is 0 Å². The number of carbonyl (C=O) groups excluding carboxylic acids is 2. The van der Waals surface area contributed by atoms with Gasteiger partial charge in [-0.15, -0.1) is 0 Å². The molecule has 0 bridgehead atoms. The maximum atomic E-state index is 12.1. The van der Waals surface area contributed by atoms with Crippen molar-refractivity contribution >= 4 is 23.4 Å². The maximum absolute atomic E-state index is 12.1. The summed E-state index contributed by atoms with van der Waals surface area (Å²) in [6.45, 7) is 0. The number of nitrogens with one attached hydrogen (secondary N) is 2. The highest BCUT2D eigenvalue weighted by Crippen LogP contribution is 2.16. The first-order valence-electron chi connectivity index (χ1n) is 6.56. The summed E-state index contributed by atoms with van der Waals surface area (Å²) >= 11 is 5.92. The largest absolute Gasteiger partial charge is 0.367 e. The molecule has 0 saturated carbocycles. The van der Waals surface area contributed by atoms with Gasteiger partial charge in [0, 0.05) is 7.11 Å². The van der Waals surface area contributed by atoms with Crippen LogP contribution in [0.2, 0.25) is 5.02 Å². The van der Waals surface area contributed by atoms with Crippen LogP contribution in [0, 0.1) is 0 Å². The van der Waals surface area contributed by atoms with E-state index in [1.807, 2.05) is 6.07 Å². The number of hydrogen-bond acceptors (Lipinski definition) is 3. The maximum Gasteiger partial charge on any atom is 0.272 e. The Hall–Kier alpha value is -2.37. The summed E-state index contributed by atoms with van der Waals surface area (Å²) < 4.78 is 5.17. The van der Waals surface area contributed by atoms with E-state index in [0.717, 1.165) is 0 Å². The highest BCUT2D eigenvalue weighted by molar-refractivity contribution is 6.33. The second-order valence-electron chi connectivity index (χ2n) is 4.45. The number of hydrazine groups is 1. The van der Waals surface area contributed by atoms with Crippen molar-refractivity contribution in [2.75, 3.05) is 7.11 Å². The lowest BCUT2D eigenvalue weighted by atomic mass is 10.1. The highest BCUT2D eigenvalue weighted by atomic mass is 35.5. The van der Waals surface area contributed by atoms with Crippen LogP contribution in [-0.2, 0) is 9.53 Å². The van der Waals surface area contributed by atoms with Gasteiger partial charge in [0.25, 0.3) is 11.8 Å². The van der Waals surface area contributed by atoms with Gasteiger partial charge in [0.05, 0.1) is 10.6 Å². The first kappa shape index (κ1) is 16.0. The molecule has 5 nitrogen and oxygen atoms in total. The molecule has 0 aliphatic rings. The molecule has 0 heterocycles. The molecule has 0 aliphatic heterocycles. The van der Waals surface area contributed by atoms with Crippen LogP contribution in [0.15, 0.2) is 54.6 Å². The third-order valence-corrected chi connectivity index (χ3v) is 3.32. The third kappa shape index (κ3) is 3.84. The summed E-state index contributed by atoms with van der Waals surface area (Å²) in [4.78, 5) is 24.1. The van der Waals surface area contributed by atoms with Gasteiger partial charge in [-0.3, -0.25) is 20.4 Å². The van der Waals surface area contributed by atoms with E-state index < -0.39 is 17.9 Å². The molecule has 2 rings (SSSR count). The van der Waals surface area contributed by atoms with Gasteiger partial charge in [-0.25, -0.2) is 0 Å². The molecule has 6 heteroatoms. The molecule has 2 amide bonds. The summed E-state index contributed by atoms with van der Waals surface area (Å²) in [6.07, 6.45) is -0.812. The molecule has 0 saturated heterocycles. The summed E-state index contributed by atoms with van der Waals surface area (Å²) in [5, 5.41) is 0.306. The zero-order valence-electron chi connectivity index (χ0n) is 11.9. The minimum absolute atomic E-state index is 0.276. The summed E-state index contributed by atoms with van der Waals surface area (Å²) in [7, 11) is 1.42. The molecule has 1 atom stereocenters. The zero-order chi connectivity index (χ0) is 15.9. The minimum atomic E-state index is -0.812. The highest BCUT2D eigenvalue weighted by Gasteiger charge is 2.20. The number of benzene rings is 2. The van der Waals surface area contributed by atoms with Gasteiger partial charge >= 0.3 is 0 Å². The van der Waals surface area contributed by atoms with Crippen molar-refractivity contribution < 1.29 is 14.3 Å². The molecule has 0 radical (unpaired) electrons. The monoisotopic (exact) mass is 318 g/mol. The van der Waals surface area contributed by atoms with Crippen molar-refractivity contribution in [2.45, 2.75) is 6.10 Å². The number of halogens is 1. The Morgan fingerprint density at radius 1 is 1.00 bits per heavy atom. The second-order valence-corrected chi connectivity index (χ2v) is 4.86. The van der Waals surface area contributed by atoms with Gasteiger partial charge in [0.2, 0.25) is 0 Å². The molecule has 0 spiro atoms. The van der Waals surface area contributed by atoms with E-state index in [9.17, 15) is 9.59 Å². The minimum Gasteiger partial charge on any atom is -0.367 e. The van der Waals surface area contributed by atoms with Gasteiger partial charge in [-0.1, -0.05) is 54.1 Å². The second kappa shape index (κ2) is 7.59. The fourth-order valence-electron chi connectivity index (χ4n) is 1.92. The summed E-state index contributed by atoms with van der Waals surface area (Å²) in [5.74, 6) is -0.976. The topological polar surface area (TPSA) is 67.4 Å². The number of methoxy groups -OCH3 is 1. The molecule has 114 valence electrons. The fraction of sp³-hybridized carbons (Fsp3) is 0.125. The van der Waals surface area contributed by atoms with Gasteiger partial charge in [0.15, 0.2) is 6.10 Å². The quantitative estimate of drug-likeness (QED) is 0.851. The normalized spacial score (nSPS) is 11.5. The lowest BCUT2D eigenvalue weighted by Gasteiger charge is -2.16. The predicted octanol–water partition coefficient (Wildman–Crippen LogP) is 2.49. The van der Waals surface area contributed by atoms with Crippen LogP contribution < -0.4 is 10.9 Å². The van der Waals surface area contributed by atoms with Gasteiger partial charge in [0.1, 0.15) is 0 Å². The fourth-order valence-corrected chi connectivity index (χ4v) is 2.14. The number of carbonyl (C=O) groups is 2. The van der Waals surface area contributed by atoms with Gasteiger partial charge in [-0.05, 0) is 17.7 Å². The first-order valence-corrected chi connectivity index (χ1v) is 6.93. The summed E-state index contributed by atoms with van der Waals surface area (Å²) in [6, 6.07) is 15.5. The van der Waals surface area contributed by atoms with Crippen molar-refractivity contribution in [3.8, 4) is 0 Å². The average molecular weight is 319 g/mol. The molecule has 2 aromatic rings. The Balaban J connectivity index is 2.00. The molecule has 0 fully saturated rings. The van der Waals surface area contributed by atoms with Crippen molar-refractivity contribution in [1.82, 2.24) is 10.9 Å².